The van der Waals surface area contributed by atoms with Crippen molar-refractivity contribution in [1.82, 2.24) is 0 Å². The van der Waals surface area contributed by atoms with Gasteiger partial charge in [0.25, 0.3) is 5.91 Å². The van der Waals surface area contributed by atoms with Crippen molar-refractivity contribution in [2.45, 2.75) is 14.7 Å². The SMILES string of the molecule is COc1ccc(C(=O)Nc2cccc(SCC(=O)N3c4ccccc4Sc4ccccc43)c2)cc1OC. The van der Waals surface area contributed by atoms with E-state index in [1.54, 1.807) is 42.0 Å². The van der Waals surface area contributed by atoms with E-state index in [1.807, 2.05) is 72.8 Å². The molecule has 0 saturated heterocycles. The minimum absolute atomic E-state index is 0.00929. The third-order valence-corrected chi connectivity index (χ3v) is 7.89. The van der Waals surface area contributed by atoms with Crippen molar-refractivity contribution in [1.29, 1.82) is 0 Å². The van der Waals surface area contributed by atoms with Crippen LogP contribution in [0.2, 0.25) is 0 Å². The van der Waals surface area contributed by atoms with E-state index in [9.17, 15) is 9.59 Å². The molecular formula is C29H24N2O4S2. The number of carbonyl (C=O) groups excluding carboxylic acids is 2. The van der Waals surface area contributed by atoms with Crippen molar-refractivity contribution in [2.24, 2.45) is 0 Å². The number of anilines is 3. The number of hydrogen-bond acceptors (Lipinski definition) is 6. The molecule has 0 aromatic heterocycles. The van der Waals surface area contributed by atoms with Crippen LogP contribution in [0.3, 0.4) is 0 Å². The maximum atomic E-state index is 13.5. The van der Waals surface area contributed by atoms with E-state index in [4.69, 9.17) is 9.47 Å². The number of para-hydroxylation sites is 2. The molecular weight excluding hydrogens is 504 g/mol. The first-order chi connectivity index (χ1) is 18.1. The van der Waals surface area contributed by atoms with Crippen molar-refractivity contribution in [3.63, 3.8) is 0 Å². The quantitative estimate of drug-likeness (QED) is 0.264. The molecule has 5 rings (SSSR count). The molecule has 4 aromatic rings. The summed E-state index contributed by atoms with van der Waals surface area (Å²) in [7, 11) is 3.08. The Morgan fingerprint density at radius 3 is 2.16 bits per heavy atom. The molecule has 0 spiro atoms. The highest BCUT2D eigenvalue weighted by Gasteiger charge is 2.27. The lowest BCUT2D eigenvalue weighted by molar-refractivity contribution is -0.115. The number of thioether (sulfide) groups is 1. The molecule has 1 heterocycles. The molecule has 0 aliphatic carbocycles. The first-order valence-electron chi connectivity index (χ1n) is 11.5. The van der Waals surface area contributed by atoms with Gasteiger partial charge in [0.05, 0.1) is 31.3 Å². The number of amides is 2. The minimum Gasteiger partial charge on any atom is -0.493 e. The predicted octanol–water partition coefficient (Wildman–Crippen LogP) is 6.88. The zero-order valence-electron chi connectivity index (χ0n) is 20.3. The summed E-state index contributed by atoms with van der Waals surface area (Å²) < 4.78 is 10.5. The van der Waals surface area contributed by atoms with Crippen LogP contribution in [0.5, 0.6) is 11.5 Å². The van der Waals surface area contributed by atoms with Crippen molar-refractivity contribution in [3.05, 3.63) is 96.6 Å². The molecule has 1 aliphatic heterocycles. The van der Waals surface area contributed by atoms with E-state index in [2.05, 4.69) is 5.32 Å². The minimum atomic E-state index is -0.266. The molecule has 0 radical (unpaired) electrons. The predicted molar refractivity (Wildman–Crippen MR) is 149 cm³/mol. The van der Waals surface area contributed by atoms with Gasteiger partial charge in [-0.2, -0.15) is 0 Å². The van der Waals surface area contributed by atoms with Crippen molar-refractivity contribution < 1.29 is 19.1 Å². The summed E-state index contributed by atoms with van der Waals surface area (Å²) in [4.78, 5) is 31.1. The summed E-state index contributed by atoms with van der Waals surface area (Å²) in [6, 6.07) is 28.4. The van der Waals surface area contributed by atoms with Crippen LogP contribution in [0.15, 0.2) is 106 Å². The molecule has 4 aromatic carbocycles. The van der Waals surface area contributed by atoms with E-state index in [1.165, 1.54) is 18.9 Å². The van der Waals surface area contributed by atoms with Crippen LogP contribution in [0.25, 0.3) is 0 Å². The average Bonchev–Trinajstić information content (AvgIpc) is 2.94. The van der Waals surface area contributed by atoms with E-state index in [-0.39, 0.29) is 17.6 Å². The third-order valence-electron chi connectivity index (χ3n) is 5.78. The number of fused-ring (bicyclic) bond motifs is 2. The molecule has 6 nitrogen and oxygen atoms in total. The lowest BCUT2D eigenvalue weighted by Gasteiger charge is -2.31. The number of ether oxygens (including phenoxy) is 2. The number of hydrogen-bond donors (Lipinski definition) is 1. The van der Waals surface area contributed by atoms with Gasteiger partial charge in [-0.15, -0.1) is 11.8 Å². The highest BCUT2D eigenvalue weighted by molar-refractivity contribution is 8.00. The van der Waals surface area contributed by atoms with E-state index in [0.29, 0.717) is 22.7 Å². The summed E-state index contributed by atoms with van der Waals surface area (Å²) in [6.07, 6.45) is 0. The second-order valence-corrected chi connectivity index (χ2v) is 10.2. The van der Waals surface area contributed by atoms with Gasteiger partial charge in [0.2, 0.25) is 5.91 Å². The summed E-state index contributed by atoms with van der Waals surface area (Å²) in [5.74, 6) is 1.01. The zero-order valence-corrected chi connectivity index (χ0v) is 21.9. The Bertz CT molecular complexity index is 1430. The Balaban J connectivity index is 1.29. The van der Waals surface area contributed by atoms with Crippen LogP contribution < -0.4 is 19.7 Å². The molecule has 1 N–H and O–H groups in total. The molecule has 0 bridgehead atoms. The normalized spacial score (nSPS) is 11.8. The molecule has 0 atom stereocenters. The van der Waals surface area contributed by atoms with Gasteiger partial charge in [-0.05, 0) is 60.7 Å². The molecule has 1 aliphatic rings. The topological polar surface area (TPSA) is 67.9 Å². The van der Waals surface area contributed by atoms with Crippen LogP contribution in [-0.4, -0.2) is 31.8 Å². The molecule has 186 valence electrons. The van der Waals surface area contributed by atoms with Crippen LogP contribution >= 0.6 is 23.5 Å². The fraction of sp³-hybridized carbons (Fsp3) is 0.103. The van der Waals surface area contributed by atoms with E-state index in [0.717, 1.165) is 26.1 Å². The van der Waals surface area contributed by atoms with Gasteiger partial charge >= 0.3 is 0 Å². The second kappa shape index (κ2) is 11.0. The molecule has 0 saturated carbocycles. The molecule has 2 amide bonds. The number of rotatable bonds is 7. The number of nitrogens with one attached hydrogen (secondary N) is 1. The number of benzene rings is 4. The largest absolute Gasteiger partial charge is 0.493 e. The lowest BCUT2D eigenvalue weighted by Crippen LogP contribution is -2.29. The van der Waals surface area contributed by atoms with Gasteiger partial charge in [-0.3, -0.25) is 14.5 Å². The number of carbonyl (C=O) groups is 2. The Hall–Kier alpha value is -3.88. The molecule has 0 fully saturated rings. The Morgan fingerprint density at radius 2 is 1.49 bits per heavy atom. The summed E-state index contributed by atoms with van der Waals surface area (Å²) >= 11 is 3.11. The number of methoxy groups -OCH3 is 2. The van der Waals surface area contributed by atoms with E-state index >= 15 is 0 Å². The lowest BCUT2D eigenvalue weighted by atomic mass is 10.2. The average molecular weight is 529 g/mol. The van der Waals surface area contributed by atoms with Gasteiger partial charge in [0.1, 0.15) is 0 Å². The van der Waals surface area contributed by atoms with Crippen molar-refractivity contribution >= 4 is 52.4 Å². The van der Waals surface area contributed by atoms with Crippen molar-refractivity contribution in [3.8, 4) is 11.5 Å². The zero-order chi connectivity index (χ0) is 25.8. The van der Waals surface area contributed by atoms with Crippen molar-refractivity contribution in [2.75, 3.05) is 30.2 Å². The maximum absolute atomic E-state index is 13.5. The Labute approximate surface area is 224 Å². The number of nitrogens with zero attached hydrogens (tertiary/aromatic N) is 1. The van der Waals surface area contributed by atoms with E-state index < -0.39 is 0 Å². The van der Waals surface area contributed by atoms with Gasteiger partial charge in [0, 0.05) is 25.9 Å². The van der Waals surface area contributed by atoms with Gasteiger partial charge in [-0.1, -0.05) is 42.1 Å². The molecule has 37 heavy (non-hydrogen) atoms. The fourth-order valence-electron chi connectivity index (χ4n) is 4.03. The monoisotopic (exact) mass is 528 g/mol. The van der Waals surface area contributed by atoms with Gasteiger partial charge < -0.3 is 14.8 Å². The summed E-state index contributed by atoms with van der Waals surface area (Å²) in [6.45, 7) is 0. The van der Waals surface area contributed by atoms with Crippen LogP contribution in [0.4, 0.5) is 17.1 Å². The van der Waals surface area contributed by atoms with Crippen LogP contribution in [0, 0.1) is 0 Å². The van der Waals surface area contributed by atoms with Crippen LogP contribution in [-0.2, 0) is 4.79 Å². The standard InChI is InChI=1S/C29H24N2O4S2/c1-34-24-15-14-19(16-25(24)35-2)29(33)30-20-8-7-9-21(17-20)36-18-28(32)31-22-10-3-5-12-26(22)37-27-13-6-4-11-23(27)31/h3-17H,18H2,1-2H3,(H,30,33). The Morgan fingerprint density at radius 1 is 0.811 bits per heavy atom. The first-order valence-corrected chi connectivity index (χ1v) is 13.3. The summed E-state index contributed by atoms with van der Waals surface area (Å²) in [5.41, 5.74) is 2.88. The highest BCUT2D eigenvalue weighted by atomic mass is 32.2. The Kier molecular flexibility index (Phi) is 7.39. The molecule has 0 unspecified atom stereocenters. The van der Waals surface area contributed by atoms with Gasteiger partial charge in [0.15, 0.2) is 11.5 Å². The van der Waals surface area contributed by atoms with Gasteiger partial charge in [-0.25, -0.2) is 0 Å². The first kappa shape index (κ1) is 24.8. The maximum Gasteiger partial charge on any atom is 0.255 e. The molecule has 8 heteroatoms. The third kappa shape index (κ3) is 5.30. The highest BCUT2D eigenvalue weighted by Crippen LogP contribution is 2.48. The smallest absolute Gasteiger partial charge is 0.255 e. The fourth-order valence-corrected chi connectivity index (χ4v) is 5.89. The summed E-state index contributed by atoms with van der Waals surface area (Å²) in [5, 5.41) is 2.92. The second-order valence-electron chi connectivity index (χ2n) is 8.11. The van der Waals surface area contributed by atoms with Crippen LogP contribution in [0.1, 0.15) is 10.4 Å².